The van der Waals surface area contributed by atoms with Gasteiger partial charge in [0.1, 0.15) is 0 Å². The summed E-state index contributed by atoms with van der Waals surface area (Å²) in [5.74, 6) is -0.338. The summed E-state index contributed by atoms with van der Waals surface area (Å²) >= 11 is 0. The Bertz CT molecular complexity index is 817. The van der Waals surface area contributed by atoms with Gasteiger partial charge in [-0.15, -0.1) is 0 Å². The Morgan fingerprint density at radius 3 is 2.44 bits per heavy atom. The number of rotatable bonds is 7. The molecule has 1 N–H and O–H groups in total. The Morgan fingerprint density at radius 2 is 1.92 bits per heavy atom. The van der Waals surface area contributed by atoms with Crippen molar-refractivity contribution in [1.29, 1.82) is 0 Å². The fourth-order valence-electron chi connectivity index (χ4n) is 2.67. The van der Waals surface area contributed by atoms with Gasteiger partial charge < -0.3 is 4.90 Å². The molecule has 0 aromatic heterocycles. The lowest BCUT2D eigenvalue weighted by atomic mass is 10.2. The number of unbranched alkanes of at least 4 members (excludes halogenated alkanes) is 1. The standard InChI is InChI=1S/C16H24N2O5S2/c1-3-4-10-18(2)16(19)13-5-7-15(8-6-13)25(22,23)17-14-9-11-24(20,21)12-14/h5-8,14,17H,3-4,9-12H2,1-2H3/t14-/m0/s1. The minimum Gasteiger partial charge on any atom is -0.342 e. The van der Waals surface area contributed by atoms with Crippen LogP contribution >= 0.6 is 0 Å². The quantitative estimate of drug-likeness (QED) is 0.752. The molecule has 0 unspecified atom stereocenters. The first-order valence-electron chi connectivity index (χ1n) is 8.23. The number of carbonyl (C=O) groups excluding carboxylic acids is 1. The summed E-state index contributed by atoms with van der Waals surface area (Å²) in [4.78, 5) is 13.9. The van der Waals surface area contributed by atoms with Crippen molar-refractivity contribution in [3.63, 3.8) is 0 Å². The van der Waals surface area contributed by atoms with E-state index in [1.165, 1.54) is 24.3 Å². The SMILES string of the molecule is CCCCN(C)C(=O)c1ccc(S(=O)(=O)N[C@H]2CCS(=O)(=O)C2)cc1. The zero-order chi connectivity index (χ0) is 18.7. The molecule has 1 aromatic rings. The highest BCUT2D eigenvalue weighted by molar-refractivity contribution is 7.92. The number of sulfonamides is 1. The van der Waals surface area contributed by atoms with E-state index in [2.05, 4.69) is 4.72 Å². The second-order valence-corrected chi connectivity index (χ2v) is 10.3. The van der Waals surface area contributed by atoms with E-state index in [-0.39, 0.29) is 28.7 Å². The van der Waals surface area contributed by atoms with Gasteiger partial charge in [-0.2, -0.15) is 0 Å². The van der Waals surface area contributed by atoms with Crippen LogP contribution in [-0.4, -0.2) is 58.8 Å². The van der Waals surface area contributed by atoms with E-state index in [4.69, 9.17) is 0 Å². The molecule has 1 aromatic carbocycles. The molecule has 0 aliphatic carbocycles. The molecule has 9 heteroatoms. The van der Waals surface area contributed by atoms with Crippen LogP contribution in [0.4, 0.5) is 0 Å². The van der Waals surface area contributed by atoms with E-state index >= 15 is 0 Å². The maximum absolute atomic E-state index is 12.4. The average molecular weight is 389 g/mol. The molecule has 1 saturated heterocycles. The molecule has 7 nitrogen and oxygen atoms in total. The first-order chi connectivity index (χ1) is 11.6. The van der Waals surface area contributed by atoms with E-state index in [0.717, 1.165) is 12.8 Å². The van der Waals surface area contributed by atoms with Gasteiger partial charge >= 0.3 is 0 Å². The lowest BCUT2D eigenvalue weighted by Crippen LogP contribution is -2.35. The van der Waals surface area contributed by atoms with E-state index in [1.807, 2.05) is 6.92 Å². The van der Waals surface area contributed by atoms with Crippen molar-refractivity contribution in [2.75, 3.05) is 25.1 Å². The largest absolute Gasteiger partial charge is 0.342 e. The Balaban J connectivity index is 2.07. The molecule has 0 saturated carbocycles. The Kier molecular flexibility index (Phi) is 6.23. The smallest absolute Gasteiger partial charge is 0.253 e. The van der Waals surface area contributed by atoms with Crippen LogP contribution in [-0.2, 0) is 19.9 Å². The number of nitrogens with one attached hydrogen (secondary N) is 1. The van der Waals surface area contributed by atoms with Gasteiger partial charge in [0.25, 0.3) is 5.91 Å². The van der Waals surface area contributed by atoms with Gasteiger partial charge in [0.15, 0.2) is 9.84 Å². The topological polar surface area (TPSA) is 101 Å². The number of sulfone groups is 1. The van der Waals surface area contributed by atoms with Gasteiger partial charge in [-0.05, 0) is 37.1 Å². The molecule has 1 aliphatic heterocycles. The van der Waals surface area contributed by atoms with Crippen molar-refractivity contribution >= 4 is 25.8 Å². The van der Waals surface area contributed by atoms with Crippen LogP contribution in [0.2, 0.25) is 0 Å². The molecule has 1 heterocycles. The Morgan fingerprint density at radius 1 is 1.28 bits per heavy atom. The third-order valence-corrected chi connectivity index (χ3v) is 7.46. The van der Waals surface area contributed by atoms with Gasteiger partial charge in [-0.1, -0.05) is 13.3 Å². The molecule has 1 fully saturated rings. The fraction of sp³-hybridized carbons (Fsp3) is 0.562. The molecule has 0 radical (unpaired) electrons. The Labute approximate surface area is 149 Å². The molecule has 1 atom stereocenters. The molecular weight excluding hydrogens is 364 g/mol. The highest BCUT2D eigenvalue weighted by Gasteiger charge is 2.31. The predicted octanol–water partition coefficient (Wildman–Crippen LogP) is 1.02. The molecule has 1 amide bonds. The summed E-state index contributed by atoms with van der Waals surface area (Å²) < 4.78 is 50.0. The second kappa shape index (κ2) is 7.84. The minimum absolute atomic E-state index is 0.00226. The summed E-state index contributed by atoms with van der Waals surface area (Å²) in [6.07, 6.45) is 2.17. The van der Waals surface area contributed by atoms with Crippen molar-refractivity contribution in [1.82, 2.24) is 9.62 Å². The summed E-state index contributed by atoms with van der Waals surface area (Å²) in [5.41, 5.74) is 0.418. The lowest BCUT2D eigenvalue weighted by molar-refractivity contribution is 0.0793. The molecule has 0 bridgehead atoms. The first-order valence-corrected chi connectivity index (χ1v) is 11.5. The number of carbonyl (C=O) groups is 1. The summed E-state index contributed by atoms with van der Waals surface area (Å²) in [7, 11) is -5.26. The molecule has 1 aliphatic rings. The maximum atomic E-state index is 12.4. The van der Waals surface area contributed by atoms with Crippen LogP contribution in [0.1, 0.15) is 36.5 Å². The number of hydrogen-bond acceptors (Lipinski definition) is 5. The minimum atomic E-state index is -3.81. The normalized spacial score (nSPS) is 19.7. The van der Waals surface area contributed by atoms with Crippen LogP contribution in [0.3, 0.4) is 0 Å². The van der Waals surface area contributed by atoms with E-state index in [9.17, 15) is 21.6 Å². The average Bonchev–Trinajstić information content (AvgIpc) is 2.89. The maximum Gasteiger partial charge on any atom is 0.253 e. The number of hydrogen-bond donors (Lipinski definition) is 1. The fourth-order valence-corrected chi connectivity index (χ4v) is 5.72. The number of benzene rings is 1. The first kappa shape index (κ1) is 19.9. The molecule has 0 spiro atoms. The van der Waals surface area contributed by atoms with E-state index < -0.39 is 25.9 Å². The zero-order valence-electron chi connectivity index (χ0n) is 14.4. The highest BCUT2D eigenvalue weighted by atomic mass is 32.2. The number of amides is 1. The van der Waals surface area contributed by atoms with Crippen molar-refractivity contribution in [2.45, 2.75) is 37.1 Å². The van der Waals surface area contributed by atoms with Crippen molar-refractivity contribution in [3.8, 4) is 0 Å². The van der Waals surface area contributed by atoms with Crippen LogP contribution in [0.25, 0.3) is 0 Å². The monoisotopic (exact) mass is 388 g/mol. The highest BCUT2D eigenvalue weighted by Crippen LogP contribution is 2.17. The van der Waals surface area contributed by atoms with E-state index in [1.54, 1.807) is 11.9 Å². The van der Waals surface area contributed by atoms with Crippen molar-refractivity contribution in [2.24, 2.45) is 0 Å². The second-order valence-electron chi connectivity index (χ2n) is 6.33. The van der Waals surface area contributed by atoms with Crippen LogP contribution in [0.15, 0.2) is 29.2 Å². The summed E-state index contributed by atoms with van der Waals surface area (Å²) in [6, 6.07) is 5.09. The predicted molar refractivity (Wildman–Crippen MR) is 95.7 cm³/mol. The molecular formula is C16H24N2O5S2. The van der Waals surface area contributed by atoms with Gasteiger partial charge in [-0.25, -0.2) is 21.6 Å². The lowest BCUT2D eigenvalue weighted by Gasteiger charge is -2.17. The van der Waals surface area contributed by atoms with Crippen molar-refractivity contribution < 1.29 is 21.6 Å². The third kappa shape index (κ3) is 5.26. The molecule has 2 rings (SSSR count). The van der Waals surface area contributed by atoms with Gasteiger partial charge in [0.05, 0.1) is 16.4 Å². The van der Waals surface area contributed by atoms with Crippen molar-refractivity contribution in [3.05, 3.63) is 29.8 Å². The van der Waals surface area contributed by atoms with Crippen LogP contribution in [0, 0.1) is 0 Å². The van der Waals surface area contributed by atoms with Crippen LogP contribution < -0.4 is 4.72 Å². The van der Waals surface area contributed by atoms with Gasteiger partial charge in [0.2, 0.25) is 10.0 Å². The molecule has 25 heavy (non-hydrogen) atoms. The summed E-state index contributed by atoms with van der Waals surface area (Å²) in [5, 5.41) is 0. The number of nitrogens with zero attached hydrogens (tertiary/aromatic N) is 1. The Hall–Kier alpha value is -1.45. The van der Waals surface area contributed by atoms with E-state index in [0.29, 0.717) is 12.1 Å². The van der Waals surface area contributed by atoms with Gasteiger partial charge in [-0.3, -0.25) is 4.79 Å². The van der Waals surface area contributed by atoms with Crippen LogP contribution in [0.5, 0.6) is 0 Å². The zero-order valence-corrected chi connectivity index (χ0v) is 16.1. The molecule has 140 valence electrons. The summed E-state index contributed by atoms with van der Waals surface area (Å²) in [6.45, 7) is 2.69. The van der Waals surface area contributed by atoms with Gasteiger partial charge in [0, 0.05) is 25.2 Å². The third-order valence-electron chi connectivity index (χ3n) is 4.16.